The van der Waals surface area contributed by atoms with Gasteiger partial charge in [-0.1, -0.05) is 0 Å². The Bertz CT molecular complexity index is 416. The summed E-state index contributed by atoms with van der Waals surface area (Å²) in [5, 5.41) is 0. The topological polar surface area (TPSA) is 52.3 Å². The van der Waals surface area contributed by atoms with Crippen LogP contribution in [0.4, 0.5) is 17.6 Å². The normalized spacial score (nSPS) is 12.3. The molecule has 0 spiro atoms. The first-order valence-electron chi connectivity index (χ1n) is 4.17. The van der Waals surface area contributed by atoms with Gasteiger partial charge in [0.2, 0.25) is 5.91 Å². The molecule has 0 atom stereocenters. The molecule has 0 saturated carbocycles. The zero-order valence-electron chi connectivity index (χ0n) is 8.09. The van der Waals surface area contributed by atoms with Crippen molar-refractivity contribution >= 4 is 21.8 Å². The molecule has 0 unspecified atom stereocenters. The van der Waals surface area contributed by atoms with Crippen molar-refractivity contribution in [3.8, 4) is 5.75 Å². The number of hydrogen-bond acceptors (Lipinski definition) is 2. The average molecular weight is 316 g/mol. The molecule has 94 valence electrons. The fraction of sp³-hybridized carbons (Fsp3) is 0.222. The molecule has 0 heterocycles. The molecule has 8 heteroatoms. The van der Waals surface area contributed by atoms with Crippen LogP contribution in [-0.4, -0.2) is 16.8 Å². The summed E-state index contributed by atoms with van der Waals surface area (Å²) in [7, 11) is 0. The van der Waals surface area contributed by atoms with E-state index in [4.69, 9.17) is 5.73 Å². The molecule has 1 aromatic rings. The van der Waals surface area contributed by atoms with Crippen LogP contribution in [0.5, 0.6) is 5.75 Å². The SMILES string of the molecule is NC(=O)c1ccc(OC(F)(F)C(F)(F)Br)cc1. The minimum absolute atomic E-state index is 0.0475. The van der Waals surface area contributed by atoms with E-state index in [0.29, 0.717) is 0 Å². The van der Waals surface area contributed by atoms with Crippen molar-refractivity contribution in [2.75, 3.05) is 0 Å². The van der Waals surface area contributed by atoms with Gasteiger partial charge in [0.05, 0.1) is 0 Å². The number of alkyl halides is 5. The van der Waals surface area contributed by atoms with E-state index in [-0.39, 0.29) is 5.56 Å². The molecule has 1 rings (SSSR count). The van der Waals surface area contributed by atoms with Crippen LogP contribution < -0.4 is 10.5 Å². The van der Waals surface area contributed by atoms with Crippen LogP contribution in [0.25, 0.3) is 0 Å². The molecule has 0 fully saturated rings. The average Bonchev–Trinajstić information content (AvgIpc) is 2.16. The second-order valence-electron chi connectivity index (χ2n) is 3.01. The highest BCUT2D eigenvalue weighted by molar-refractivity contribution is 9.10. The quantitative estimate of drug-likeness (QED) is 0.686. The highest BCUT2D eigenvalue weighted by atomic mass is 79.9. The predicted octanol–water partition coefficient (Wildman–Crippen LogP) is 2.74. The van der Waals surface area contributed by atoms with Crippen molar-refractivity contribution in [1.82, 2.24) is 0 Å². The van der Waals surface area contributed by atoms with Gasteiger partial charge in [0, 0.05) is 21.5 Å². The lowest BCUT2D eigenvalue weighted by molar-refractivity contribution is -0.266. The summed E-state index contributed by atoms with van der Waals surface area (Å²) in [6, 6.07) is 4.04. The van der Waals surface area contributed by atoms with E-state index in [1.807, 2.05) is 0 Å². The van der Waals surface area contributed by atoms with E-state index in [1.54, 1.807) is 0 Å². The van der Waals surface area contributed by atoms with E-state index in [0.717, 1.165) is 24.3 Å². The summed E-state index contributed by atoms with van der Waals surface area (Å²) >= 11 is 1.51. The minimum Gasteiger partial charge on any atom is -0.427 e. The van der Waals surface area contributed by atoms with Crippen molar-refractivity contribution in [3.05, 3.63) is 29.8 Å². The first kappa shape index (κ1) is 13.8. The van der Waals surface area contributed by atoms with Crippen LogP contribution in [0.15, 0.2) is 24.3 Å². The molecule has 0 saturated heterocycles. The standard InChI is InChI=1S/C9H6BrF4NO2/c10-8(11,12)9(13,14)17-6-3-1-5(2-4-6)7(15)16/h1-4H,(H2,15,16). The largest absolute Gasteiger partial charge is 0.475 e. The van der Waals surface area contributed by atoms with E-state index < -0.39 is 22.6 Å². The number of primary amides is 1. The van der Waals surface area contributed by atoms with Gasteiger partial charge in [-0.2, -0.15) is 17.6 Å². The molecule has 3 nitrogen and oxygen atoms in total. The third-order valence-corrected chi connectivity index (χ3v) is 2.18. The number of nitrogens with two attached hydrogens (primary N) is 1. The Hall–Kier alpha value is -1.31. The lowest BCUT2D eigenvalue weighted by atomic mass is 10.2. The number of halogens is 5. The fourth-order valence-corrected chi connectivity index (χ4v) is 0.974. The third kappa shape index (κ3) is 3.32. The van der Waals surface area contributed by atoms with Gasteiger partial charge >= 0.3 is 10.9 Å². The first-order chi connectivity index (χ1) is 7.63. The van der Waals surface area contributed by atoms with Gasteiger partial charge in [-0.05, 0) is 24.3 Å². The fourth-order valence-electron chi connectivity index (χ4n) is 0.893. The maximum Gasteiger partial charge on any atom is 0.475 e. The lowest BCUT2D eigenvalue weighted by Gasteiger charge is -2.21. The zero-order chi connectivity index (χ0) is 13.3. The lowest BCUT2D eigenvalue weighted by Crippen LogP contribution is -2.40. The van der Waals surface area contributed by atoms with Gasteiger partial charge in [-0.25, -0.2) is 0 Å². The Morgan fingerprint density at radius 2 is 1.65 bits per heavy atom. The number of rotatable bonds is 4. The van der Waals surface area contributed by atoms with Crippen LogP contribution >= 0.6 is 15.9 Å². The number of carbonyl (C=O) groups is 1. The molecule has 0 aromatic heterocycles. The molecule has 1 amide bonds. The highest BCUT2D eigenvalue weighted by Gasteiger charge is 2.57. The van der Waals surface area contributed by atoms with Crippen LogP contribution in [0.1, 0.15) is 10.4 Å². The number of amides is 1. The van der Waals surface area contributed by atoms with Gasteiger partial charge < -0.3 is 10.5 Å². The number of ether oxygens (including phenoxy) is 1. The van der Waals surface area contributed by atoms with Gasteiger partial charge in [0.15, 0.2) is 0 Å². The Morgan fingerprint density at radius 3 is 2.00 bits per heavy atom. The van der Waals surface area contributed by atoms with Crippen molar-refractivity contribution in [2.45, 2.75) is 10.9 Å². The van der Waals surface area contributed by atoms with Crippen LogP contribution in [0.2, 0.25) is 0 Å². The molecule has 0 aliphatic carbocycles. The van der Waals surface area contributed by atoms with Crippen molar-refractivity contribution < 1.29 is 27.1 Å². The van der Waals surface area contributed by atoms with Crippen molar-refractivity contribution in [1.29, 1.82) is 0 Å². The predicted molar refractivity (Wildman–Crippen MR) is 54.4 cm³/mol. The summed E-state index contributed by atoms with van der Waals surface area (Å²) < 4.78 is 54.1. The molecular weight excluding hydrogens is 310 g/mol. The smallest absolute Gasteiger partial charge is 0.427 e. The Kier molecular flexibility index (Phi) is 3.65. The summed E-state index contributed by atoms with van der Waals surface area (Å²) in [6.45, 7) is 0. The Balaban J connectivity index is 2.86. The number of carbonyl (C=O) groups excluding carboxylic acids is 1. The molecule has 17 heavy (non-hydrogen) atoms. The molecule has 0 bridgehead atoms. The van der Waals surface area contributed by atoms with E-state index in [2.05, 4.69) is 4.74 Å². The van der Waals surface area contributed by atoms with E-state index in [9.17, 15) is 22.4 Å². The molecule has 0 radical (unpaired) electrons. The monoisotopic (exact) mass is 315 g/mol. The second kappa shape index (κ2) is 4.52. The van der Waals surface area contributed by atoms with Gasteiger partial charge in [-0.15, -0.1) is 0 Å². The summed E-state index contributed by atoms with van der Waals surface area (Å²) in [5.41, 5.74) is 4.95. The number of benzene rings is 1. The van der Waals surface area contributed by atoms with Gasteiger partial charge in [0.25, 0.3) is 0 Å². The Morgan fingerprint density at radius 1 is 1.18 bits per heavy atom. The third-order valence-electron chi connectivity index (χ3n) is 1.71. The van der Waals surface area contributed by atoms with Crippen LogP contribution in [0, 0.1) is 0 Å². The van der Waals surface area contributed by atoms with E-state index in [1.165, 1.54) is 15.9 Å². The van der Waals surface area contributed by atoms with Crippen LogP contribution in [0.3, 0.4) is 0 Å². The van der Waals surface area contributed by atoms with Crippen LogP contribution in [-0.2, 0) is 0 Å². The molecule has 1 aromatic carbocycles. The second-order valence-corrected chi connectivity index (χ2v) is 4.00. The molecule has 2 N–H and O–H groups in total. The summed E-state index contributed by atoms with van der Waals surface area (Å²) in [5.74, 6) is -1.28. The zero-order valence-corrected chi connectivity index (χ0v) is 9.68. The maximum absolute atomic E-state index is 12.8. The van der Waals surface area contributed by atoms with Gasteiger partial charge in [-0.3, -0.25) is 4.79 Å². The van der Waals surface area contributed by atoms with Crippen molar-refractivity contribution in [2.24, 2.45) is 5.73 Å². The molecule has 0 aliphatic rings. The minimum atomic E-state index is -4.71. The summed E-state index contributed by atoms with van der Waals surface area (Å²) in [4.78, 5) is 6.16. The molecule has 0 aliphatic heterocycles. The highest BCUT2D eigenvalue weighted by Crippen LogP contribution is 2.40. The van der Waals surface area contributed by atoms with Gasteiger partial charge in [0.1, 0.15) is 5.75 Å². The maximum atomic E-state index is 12.8. The van der Waals surface area contributed by atoms with Crippen molar-refractivity contribution in [3.63, 3.8) is 0 Å². The molecular formula is C9H6BrF4NO2. The Labute approximate surface area is 102 Å². The number of hydrogen-bond donors (Lipinski definition) is 1. The van der Waals surface area contributed by atoms with E-state index >= 15 is 0 Å². The summed E-state index contributed by atoms with van der Waals surface area (Å²) in [6.07, 6.45) is -4.71. The first-order valence-corrected chi connectivity index (χ1v) is 4.96.